The van der Waals surface area contributed by atoms with Crippen LogP contribution in [0.1, 0.15) is 53.7 Å². The van der Waals surface area contributed by atoms with Crippen LogP contribution < -0.4 is 15.5 Å². The van der Waals surface area contributed by atoms with Crippen molar-refractivity contribution in [3.05, 3.63) is 78.0 Å². The highest BCUT2D eigenvalue weighted by atomic mass is 16.5. The molecule has 8 rings (SSSR count). The van der Waals surface area contributed by atoms with Gasteiger partial charge in [-0.1, -0.05) is 18.2 Å². The minimum atomic E-state index is -2.32. The van der Waals surface area contributed by atoms with Gasteiger partial charge in [0.05, 0.1) is 41.5 Å². The highest BCUT2D eigenvalue weighted by molar-refractivity contribution is 5.93. The summed E-state index contributed by atoms with van der Waals surface area (Å²) in [7, 11) is 3.92. The van der Waals surface area contributed by atoms with Crippen LogP contribution in [0.25, 0.3) is 16.8 Å². The number of aromatic nitrogens is 6. The van der Waals surface area contributed by atoms with Gasteiger partial charge in [0.1, 0.15) is 23.0 Å². The monoisotopic (exact) mass is 635 g/mol. The second-order valence-electron chi connectivity index (χ2n) is 12.5. The molecule has 7 heterocycles. The summed E-state index contributed by atoms with van der Waals surface area (Å²) in [5.41, 5.74) is 6.12. The largest absolute Gasteiger partial charge is 0.373 e. The van der Waals surface area contributed by atoms with E-state index in [0.29, 0.717) is 26.2 Å². The zero-order chi connectivity index (χ0) is 32.4. The number of aliphatic hydroxyl groups is 2. The Labute approximate surface area is 271 Å². The van der Waals surface area contributed by atoms with Crippen LogP contribution in [0.4, 0.5) is 23.0 Å². The van der Waals surface area contributed by atoms with Crippen LogP contribution in [0, 0.1) is 0 Å². The summed E-state index contributed by atoms with van der Waals surface area (Å²) < 4.78 is 3.79. The van der Waals surface area contributed by atoms with Gasteiger partial charge >= 0.3 is 0 Å². The van der Waals surface area contributed by atoms with Gasteiger partial charge in [0.2, 0.25) is 0 Å². The second kappa shape index (κ2) is 11.0. The molecule has 5 aromatic rings. The average Bonchev–Trinajstić information content (AvgIpc) is 3.84. The molecule has 3 aliphatic heterocycles. The normalized spacial score (nSPS) is 18.3. The van der Waals surface area contributed by atoms with E-state index in [-0.39, 0.29) is 29.4 Å². The van der Waals surface area contributed by atoms with Gasteiger partial charge in [0, 0.05) is 63.5 Å². The quantitative estimate of drug-likeness (QED) is 0.195. The predicted molar refractivity (Wildman–Crippen MR) is 176 cm³/mol. The van der Waals surface area contributed by atoms with Gasteiger partial charge in [0.25, 0.3) is 11.8 Å². The summed E-state index contributed by atoms with van der Waals surface area (Å²) in [6.45, 7) is 4.26. The van der Waals surface area contributed by atoms with Crippen LogP contribution in [-0.4, -0.2) is 95.6 Å². The van der Waals surface area contributed by atoms with Gasteiger partial charge in [-0.2, -0.15) is 14.7 Å². The molecular formula is C33H37N11O3. The number of anilines is 4. The molecule has 14 heteroatoms. The van der Waals surface area contributed by atoms with Crippen LogP contribution in [0.3, 0.4) is 0 Å². The third-order valence-electron chi connectivity index (χ3n) is 9.72. The number of para-hydroxylation sites is 1. The Balaban J connectivity index is 1.05. The van der Waals surface area contributed by atoms with Crippen molar-refractivity contribution in [3.63, 3.8) is 0 Å². The number of amides is 1. The van der Waals surface area contributed by atoms with Crippen LogP contribution in [-0.2, 0) is 5.91 Å². The first-order chi connectivity index (χ1) is 22.7. The molecule has 1 atom stereocenters. The molecule has 0 saturated carbocycles. The van der Waals surface area contributed by atoms with E-state index in [0.717, 1.165) is 58.3 Å². The van der Waals surface area contributed by atoms with E-state index in [4.69, 9.17) is 5.10 Å². The third-order valence-corrected chi connectivity index (χ3v) is 9.72. The highest BCUT2D eigenvalue weighted by Gasteiger charge is 2.46. The van der Waals surface area contributed by atoms with Crippen LogP contribution in [0.5, 0.6) is 0 Å². The highest BCUT2D eigenvalue weighted by Crippen LogP contribution is 2.49. The summed E-state index contributed by atoms with van der Waals surface area (Å²) in [5, 5.41) is 38.5. The van der Waals surface area contributed by atoms with Crippen molar-refractivity contribution < 1.29 is 15.0 Å². The smallest absolute Gasteiger partial charge is 0.272 e. The first-order valence-electron chi connectivity index (χ1n) is 15.9. The van der Waals surface area contributed by atoms with E-state index >= 15 is 0 Å². The first kappa shape index (κ1) is 29.4. The van der Waals surface area contributed by atoms with Crippen molar-refractivity contribution in [3.8, 4) is 11.1 Å². The molecule has 0 aliphatic carbocycles. The van der Waals surface area contributed by atoms with Crippen molar-refractivity contribution in [1.82, 2.24) is 39.2 Å². The van der Waals surface area contributed by atoms with Gasteiger partial charge in [-0.25, -0.2) is 14.9 Å². The van der Waals surface area contributed by atoms with Crippen molar-refractivity contribution in [2.75, 3.05) is 55.8 Å². The number of carbonyl (C=O) groups excluding carboxylic acids is 1. The number of nitrogens with zero attached hydrogens (tertiary/aromatic N) is 9. The Morgan fingerprint density at radius 2 is 1.79 bits per heavy atom. The molecule has 3 aliphatic rings. The van der Waals surface area contributed by atoms with Gasteiger partial charge in [-0.3, -0.25) is 9.48 Å². The number of carbonyl (C=O) groups is 1. The maximum atomic E-state index is 12.9. The molecule has 2 fully saturated rings. The Bertz CT molecular complexity index is 1990. The number of pyridine rings is 1. The van der Waals surface area contributed by atoms with Crippen molar-refractivity contribution in [2.45, 2.75) is 37.8 Å². The maximum Gasteiger partial charge on any atom is 0.272 e. The van der Waals surface area contributed by atoms with Crippen LogP contribution >= 0.6 is 0 Å². The minimum absolute atomic E-state index is 0.0185. The van der Waals surface area contributed by atoms with Crippen molar-refractivity contribution in [1.29, 1.82) is 0 Å². The van der Waals surface area contributed by atoms with Crippen LogP contribution in [0.15, 0.2) is 60.9 Å². The second-order valence-corrected chi connectivity index (χ2v) is 12.5. The SMILES string of the molecule is CNc1cc(Nc2cccc3c2N(C)C(C)c2c-3cnn2C2CN(C(O)(O)c3cccc(C(=O)N4CCCC4)n3)C2)n2nccc2n1. The van der Waals surface area contributed by atoms with Crippen molar-refractivity contribution >= 4 is 34.6 Å². The molecule has 0 spiro atoms. The number of rotatable bonds is 7. The summed E-state index contributed by atoms with van der Waals surface area (Å²) in [6, 6.07) is 14.7. The number of likely N-dealkylation sites (tertiary alicyclic amines) is 2. The zero-order valence-corrected chi connectivity index (χ0v) is 26.5. The summed E-state index contributed by atoms with van der Waals surface area (Å²) in [6.07, 6.45) is 5.57. The molecule has 1 amide bonds. The summed E-state index contributed by atoms with van der Waals surface area (Å²) >= 11 is 0. The molecule has 0 bridgehead atoms. The summed E-state index contributed by atoms with van der Waals surface area (Å²) in [5.74, 6) is -0.980. The Kier molecular flexibility index (Phi) is 6.89. The van der Waals surface area contributed by atoms with Crippen molar-refractivity contribution in [2.24, 2.45) is 0 Å². The molecule has 0 radical (unpaired) electrons. The van der Waals surface area contributed by atoms with E-state index < -0.39 is 5.91 Å². The number of nitrogens with one attached hydrogen (secondary N) is 2. The van der Waals surface area contributed by atoms with E-state index in [2.05, 4.69) is 56.7 Å². The molecule has 4 aromatic heterocycles. The van der Waals surface area contributed by atoms with Gasteiger partial charge < -0.3 is 30.6 Å². The molecule has 2 saturated heterocycles. The Hall–Kier alpha value is -5.05. The molecule has 4 N–H and O–H groups in total. The fourth-order valence-electron chi connectivity index (χ4n) is 7.02. The molecule has 1 unspecified atom stereocenters. The third kappa shape index (κ3) is 4.70. The molecular weight excluding hydrogens is 598 g/mol. The van der Waals surface area contributed by atoms with E-state index in [9.17, 15) is 15.0 Å². The van der Waals surface area contributed by atoms with Gasteiger partial charge in [-0.05, 0) is 38.0 Å². The zero-order valence-electron chi connectivity index (χ0n) is 26.5. The predicted octanol–water partition coefficient (Wildman–Crippen LogP) is 3.17. The number of hydrogen-bond acceptors (Lipinski definition) is 11. The Morgan fingerprint density at radius 3 is 2.57 bits per heavy atom. The van der Waals surface area contributed by atoms with E-state index in [1.54, 1.807) is 38.7 Å². The average molecular weight is 636 g/mol. The summed E-state index contributed by atoms with van der Waals surface area (Å²) in [4.78, 5) is 27.4. The lowest BCUT2D eigenvalue weighted by Crippen LogP contribution is -2.59. The lowest BCUT2D eigenvalue weighted by Gasteiger charge is -2.47. The molecule has 14 nitrogen and oxygen atoms in total. The topological polar surface area (TPSA) is 152 Å². The first-order valence-corrected chi connectivity index (χ1v) is 15.9. The van der Waals surface area contributed by atoms with Crippen LogP contribution in [0.2, 0.25) is 0 Å². The van der Waals surface area contributed by atoms with Gasteiger partial charge in [0.15, 0.2) is 5.65 Å². The number of fused-ring (bicyclic) bond motifs is 4. The van der Waals surface area contributed by atoms with Gasteiger partial charge in [-0.15, -0.1) is 0 Å². The molecule has 47 heavy (non-hydrogen) atoms. The van der Waals surface area contributed by atoms with E-state index in [1.807, 2.05) is 36.1 Å². The van der Waals surface area contributed by atoms with E-state index in [1.165, 1.54) is 0 Å². The Morgan fingerprint density at radius 1 is 1.00 bits per heavy atom. The fraction of sp³-hybridized carbons (Fsp3) is 0.364. The lowest BCUT2D eigenvalue weighted by molar-refractivity contribution is -0.302. The molecule has 242 valence electrons. The maximum absolute atomic E-state index is 12.9. The fourth-order valence-corrected chi connectivity index (χ4v) is 7.02. The lowest BCUT2D eigenvalue weighted by atomic mass is 9.93. The minimum Gasteiger partial charge on any atom is -0.373 e. The molecule has 1 aromatic carbocycles. The standard InChI is InChI=1S/C33H37N11O3/c1-20-30-23(22-8-6-9-24(31(22)40(20)3)38-29-16-27(34-2)39-28-12-13-35-44(28)29)17-36-43(30)21-18-42(19-21)33(46,47)26-11-7-10-25(37-26)32(45)41-14-4-5-15-41/h6-13,16-17,20-21,38,46-47H,4-5,14-15,18-19H2,1-3H3,(H,34,39). The number of benzene rings is 1. The number of hydrogen-bond donors (Lipinski definition) is 4.